The molecule has 0 amide bonds. The Bertz CT molecular complexity index is 451. The first kappa shape index (κ1) is 10.1. The number of hydrogen-bond donors (Lipinski definition) is 1. The summed E-state index contributed by atoms with van der Waals surface area (Å²) in [5, 5.41) is 3.05. The van der Waals surface area contributed by atoms with Crippen molar-refractivity contribution in [1.82, 2.24) is 9.97 Å². The van der Waals surface area contributed by atoms with E-state index in [0.29, 0.717) is 5.82 Å². The number of pyridine rings is 1. The molecule has 0 bridgehead atoms. The number of nitrogens with zero attached hydrogens (tertiary/aromatic N) is 2. The molecule has 78 valence electrons. The van der Waals surface area contributed by atoms with Crippen LogP contribution in [0.5, 0.6) is 0 Å². The zero-order valence-corrected chi connectivity index (χ0v) is 9.42. The third-order valence-electron chi connectivity index (χ3n) is 2.13. The van der Waals surface area contributed by atoms with Gasteiger partial charge in [0.2, 0.25) is 0 Å². The summed E-state index contributed by atoms with van der Waals surface area (Å²) in [5.74, 6) is 0.551. The lowest BCUT2D eigenvalue weighted by molar-refractivity contribution is 0.893. The minimum Gasteiger partial charge on any atom is -0.383 e. The summed E-state index contributed by atoms with van der Waals surface area (Å²) in [6.45, 7) is 2.15. The van der Waals surface area contributed by atoms with Gasteiger partial charge in [-0.1, -0.05) is 13.3 Å². The maximum Gasteiger partial charge on any atom is 0.133 e. The highest BCUT2D eigenvalue weighted by atomic mass is 32.1. The van der Waals surface area contributed by atoms with E-state index in [2.05, 4.69) is 22.3 Å². The number of aromatic nitrogens is 2. The highest BCUT2D eigenvalue weighted by Gasteiger charge is 2.07. The van der Waals surface area contributed by atoms with Crippen LogP contribution in [0.1, 0.15) is 19.0 Å². The summed E-state index contributed by atoms with van der Waals surface area (Å²) in [7, 11) is 0. The fourth-order valence-corrected chi connectivity index (χ4v) is 2.29. The first-order chi connectivity index (χ1) is 7.31. The van der Waals surface area contributed by atoms with Gasteiger partial charge in [-0.3, -0.25) is 0 Å². The molecule has 3 nitrogen and oxygen atoms in total. The van der Waals surface area contributed by atoms with Crippen molar-refractivity contribution in [3.8, 4) is 10.6 Å². The average Bonchev–Trinajstić information content (AvgIpc) is 2.68. The molecule has 2 heterocycles. The molecular weight excluding hydrogens is 206 g/mol. The predicted octanol–water partition coefficient (Wildman–Crippen LogP) is 2.74. The number of anilines is 1. The number of hydrogen-bond acceptors (Lipinski definition) is 4. The topological polar surface area (TPSA) is 51.8 Å². The van der Waals surface area contributed by atoms with E-state index in [1.807, 2.05) is 12.1 Å². The van der Waals surface area contributed by atoms with Crippen LogP contribution in [-0.2, 0) is 6.42 Å². The lowest BCUT2D eigenvalue weighted by Gasteiger charge is -1.98. The molecule has 0 unspecified atom stereocenters. The van der Waals surface area contributed by atoms with Gasteiger partial charge in [0.15, 0.2) is 0 Å². The molecule has 2 N–H and O–H groups in total. The van der Waals surface area contributed by atoms with Gasteiger partial charge in [-0.2, -0.15) is 0 Å². The third kappa shape index (κ3) is 2.15. The molecule has 0 saturated carbocycles. The molecule has 0 saturated heterocycles. The smallest absolute Gasteiger partial charge is 0.133 e. The van der Waals surface area contributed by atoms with Gasteiger partial charge < -0.3 is 5.73 Å². The zero-order valence-electron chi connectivity index (χ0n) is 8.60. The van der Waals surface area contributed by atoms with Crippen molar-refractivity contribution in [3.05, 3.63) is 29.4 Å². The molecule has 4 heteroatoms. The van der Waals surface area contributed by atoms with Crippen molar-refractivity contribution in [2.24, 2.45) is 0 Å². The molecule has 0 radical (unpaired) electrons. The van der Waals surface area contributed by atoms with Crippen molar-refractivity contribution in [1.29, 1.82) is 0 Å². The van der Waals surface area contributed by atoms with Crippen LogP contribution in [0.25, 0.3) is 10.6 Å². The Kier molecular flexibility index (Phi) is 2.97. The summed E-state index contributed by atoms with van der Waals surface area (Å²) in [4.78, 5) is 8.58. The molecule has 0 aliphatic heterocycles. The van der Waals surface area contributed by atoms with E-state index in [1.54, 1.807) is 17.5 Å². The van der Waals surface area contributed by atoms with Crippen molar-refractivity contribution >= 4 is 17.2 Å². The number of nitrogens with two attached hydrogens (primary N) is 1. The van der Waals surface area contributed by atoms with Crippen LogP contribution >= 0.6 is 11.3 Å². The van der Waals surface area contributed by atoms with Crippen molar-refractivity contribution in [3.63, 3.8) is 0 Å². The van der Waals surface area contributed by atoms with Gasteiger partial charge in [-0.25, -0.2) is 9.97 Å². The minimum absolute atomic E-state index is 0.551. The summed E-state index contributed by atoms with van der Waals surface area (Å²) in [6.07, 6.45) is 3.84. The Labute approximate surface area is 93.0 Å². The maximum atomic E-state index is 5.79. The van der Waals surface area contributed by atoms with E-state index in [4.69, 9.17) is 5.73 Å². The molecule has 2 aromatic rings. The highest BCUT2D eigenvalue weighted by Crippen LogP contribution is 2.27. The van der Waals surface area contributed by atoms with Crippen LogP contribution < -0.4 is 5.73 Å². The average molecular weight is 219 g/mol. The molecule has 0 aliphatic rings. The standard InChI is InChI=1S/C11H13N3S/c1-2-4-8-7-15-11(14-8)9-5-3-6-13-10(9)12/h3,5-7H,2,4H2,1H3,(H2,12,13). The van der Waals surface area contributed by atoms with Crippen LogP contribution in [0.2, 0.25) is 0 Å². The van der Waals surface area contributed by atoms with E-state index >= 15 is 0 Å². The SMILES string of the molecule is CCCc1csc(-c2cccnc2N)n1. The molecule has 0 atom stereocenters. The second-order valence-corrected chi connectivity index (χ2v) is 4.19. The summed E-state index contributed by atoms with van der Waals surface area (Å²) in [5.41, 5.74) is 7.87. The number of aryl methyl sites for hydroxylation is 1. The van der Waals surface area contributed by atoms with Crippen LogP contribution in [0.4, 0.5) is 5.82 Å². The van der Waals surface area contributed by atoms with Gasteiger partial charge in [0, 0.05) is 11.6 Å². The predicted molar refractivity (Wildman–Crippen MR) is 63.8 cm³/mol. The zero-order chi connectivity index (χ0) is 10.7. The Morgan fingerprint density at radius 1 is 1.47 bits per heavy atom. The van der Waals surface area contributed by atoms with Gasteiger partial charge >= 0.3 is 0 Å². The fourth-order valence-electron chi connectivity index (χ4n) is 1.40. The van der Waals surface area contributed by atoms with Gasteiger partial charge in [0.1, 0.15) is 10.8 Å². The van der Waals surface area contributed by atoms with Gasteiger partial charge in [-0.15, -0.1) is 11.3 Å². The lowest BCUT2D eigenvalue weighted by atomic mass is 10.2. The summed E-state index contributed by atoms with van der Waals surface area (Å²) < 4.78 is 0. The quantitative estimate of drug-likeness (QED) is 0.863. The fraction of sp³-hybridized carbons (Fsp3) is 0.273. The second kappa shape index (κ2) is 4.40. The van der Waals surface area contributed by atoms with Gasteiger partial charge in [-0.05, 0) is 18.6 Å². The Morgan fingerprint density at radius 2 is 2.33 bits per heavy atom. The molecule has 0 aliphatic carbocycles. The van der Waals surface area contributed by atoms with E-state index in [9.17, 15) is 0 Å². The Morgan fingerprint density at radius 3 is 3.07 bits per heavy atom. The normalized spacial score (nSPS) is 10.5. The Balaban J connectivity index is 2.33. The van der Waals surface area contributed by atoms with Crippen molar-refractivity contribution in [2.75, 3.05) is 5.73 Å². The molecule has 0 fully saturated rings. The highest BCUT2D eigenvalue weighted by molar-refractivity contribution is 7.13. The lowest BCUT2D eigenvalue weighted by Crippen LogP contribution is -1.92. The monoisotopic (exact) mass is 219 g/mol. The van der Waals surface area contributed by atoms with Crippen LogP contribution in [0.15, 0.2) is 23.7 Å². The van der Waals surface area contributed by atoms with Crippen LogP contribution in [-0.4, -0.2) is 9.97 Å². The van der Waals surface area contributed by atoms with Gasteiger partial charge in [0.25, 0.3) is 0 Å². The molecule has 2 aromatic heterocycles. The largest absolute Gasteiger partial charge is 0.383 e. The number of thiazole rings is 1. The Hall–Kier alpha value is -1.42. The summed E-state index contributed by atoms with van der Waals surface area (Å²) >= 11 is 1.63. The molecule has 0 aromatic carbocycles. The number of rotatable bonds is 3. The van der Waals surface area contributed by atoms with E-state index < -0.39 is 0 Å². The molecule has 0 spiro atoms. The van der Waals surface area contributed by atoms with E-state index in [-0.39, 0.29) is 0 Å². The first-order valence-corrected chi connectivity index (χ1v) is 5.84. The molecule has 2 rings (SSSR count). The van der Waals surface area contributed by atoms with E-state index in [1.165, 1.54) is 0 Å². The number of nitrogen functional groups attached to an aromatic ring is 1. The molecule has 15 heavy (non-hydrogen) atoms. The van der Waals surface area contributed by atoms with Crippen LogP contribution in [0, 0.1) is 0 Å². The van der Waals surface area contributed by atoms with Crippen LogP contribution in [0.3, 0.4) is 0 Å². The van der Waals surface area contributed by atoms with E-state index in [0.717, 1.165) is 29.1 Å². The minimum atomic E-state index is 0.551. The summed E-state index contributed by atoms with van der Waals surface area (Å²) in [6, 6.07) is 3.84. The second-order valence-electron chi connectivity index (χ2n) is 3.33. The molecular formula is C11H13N3S. The third-order valence-corrected chi connectivity index (χ3v) is 3.05. The van der Waals surface area contributed by atoms with Crippen molar-refractivity contribution in [2.45, 2.75) is 19.8 Å². The first-order valence-electron chi connectivity index (χ1n) is 4.96. The van der Waals surface area contributed by atoms with Gasteiger partial charge in [0.05, 0.1) is 11.3 Å². The maximum absolute atomic E-state index is 5.79. The van der Waals surface area contributed by atoms with Crippen molar-refractivity contribution < 1.29 is 0 Å².